The molecule has 0 aliphatic carbocycles. The minimum Gasteiger partial charge on any atom is -0.462 e. The van der Waals surface area contributed by atoms with Gasteiger partial charge in [-0.05, 0) is 116 Å². The van der Waals surface area contributed by atoms with E-state index in [9.17, 15) is 14.4 Å². The van der Waals surface area contributed by atoms with Gasteiger partial charge in [0.15, 0.2) is 6.10 Å². The third-order valence-electron chi connectivity index (χ3n) is 9.84. The van der Waals surface area contributed by atoms with Crippen molar-refractivity contribution in [2.75, 3.05) is 13.2 Å². The third kappa shape index (κ3) is 50.2. The van der Waals surface area contributed by atoms with Gasteiger partial charge in [0.05, 0.1) is 0 Å². The lowest BCUT2D eigenvalue weighted by molar-refractivity contribution is -0.167. The lowest BCUT2D eigenvalue weighted by Crippen LogP contribution is -2.30. The minimum absolute atomic E-state index is 0.119. The third-order valence-corrected chi connectivity index (χ3v) is 9.84. The summed E-state index contributed by atoms with van der Waals surface area (Å²) in [7, 11) is 0. The Morgan fingerprint density at radius 2 is 0.615 bits per heavy atom. The number of unbranched alkanes of at least 4 members (excludes halogenated alkanes) is 8. The van der Waals surface area contributed by atoms with Crippen LogP contribution in [0.2, 0.25) is 0 Å². The van der Waals surface area contributed by atoms with Crippen molar-refractivity contribution in [2.45, 2.75) is 194 Å². The number of carbonyl (C=O) groups is 3. The lowest BCUT2D eigenvalue weighted by atomic mass is 10.1. The van der Waals surface area contributed by atoms with E-state index in [1.165, 1.54) is 0 Å². The van der Waals surface area contributed by atoms with E-state index in [1.807, 2.05) is 0 Å². The highest BCUT2D eigenvalue weighted by Gasteiger charge is 2.19. The van der Waals surface area contributed by atoms with E-state index in [-0.39, 0.29) is 37.5 Å². The molecule has 362 valence electrons. The van der Waals surface area contributed by atoms with E-state index >= 15 is 0 Å². The molecule has 1 unspecified atom stereocenters. The number of allylic oxidation sites excluding steroid dienone is 24. The first-order chi connectivity index (χ1) is 32.0. The number of hydrogen-bond donors (Lipinski definition) is 0. The van der Waals surface area contributed by atoms with Crippen LogP contribution in [0.4, 0.5) is 0 Å². The first-order valence-electron chi connectivity index (χ1n) is 25.3. The summed E-state index contributed by atoms with van der Waals surface area (Å²) in [5.41, 5.74) is 0. The van der Waals surface area contributed by atoms with E-state index in [2.05, 4.69) is 167 Å². The molecular formula is C59H90O6. The average molecular weight is 895 g/mol. The molecule has 0 fully saturated rings. The molecular weight excluding hydrogens is 805 g/mol. The molecule has 0 aromatic rings. The highest BCUT2D eigenvalue weighted by molar-refractivity contribution is 5.71. The Balaban J connectivity index is 4.35. The fraction of sp³-hybridized carbons (Fsp3) is 0.542. The summed E-state index contributed by atoms with van der Waals surface area (Å²) in [5, 5.41) is 0. The maximum absolute atomic E-state index is 12.7. The van der Waals surface area contributed by atoms with Crippen molar-refractivity contribution in [3.8, 4) is 0 Å². The Hall–Kier alpha value is -4.71. The summed E-state index contributed by atoms with van der Waals surface area (Å²) in [5.74, 6) is -1.04. The van der Waals surface area contributed by atoms with E-state index < -0.39 is 6.10 Å². The lowest BCUT2D eigenvalue weighted by Gasteiger charge is -2.18. The molecule has 6 heteroatoms. The standard InChI is InChI=1S/C59H90O6/c1-4-7-10-13-15-17-19-21-23-25-26-27-28-29-30-31-32-34-35-37-39-41-43-46-49-52-58(61)64-55-56(54-63-57(60)51-48-45-12-9-6-3)65-59(62)53-50-47-44-42-40-38-36-33-24-22-20-18-16-14-11-8-5-2/h7-8,10-11,15-18,21-24,26-27,29-30,32,34,36-39,42,44,56H,4-6,9,12-14,19-20,25,28,31,33,35,40-41,43,45-55H2,1-3H3/b10-7-,11-8-,17-15-,18-16-,23-21-,24-22-,27-26-,30-29-,34-32-,38-36-,39-37-,44-42-. The molecule has 0 saturated carbocycles. The second kappa shape index (κ2) is 51.9. The number of ether oxygens (including phenoxy) is 3. The smallest absolute Gasteiger partial charge is 0.306 e. The Morgan fingerprint density at radius 1 is 0.323 bits per heavy atom. The SMILES string of the molecule is CC/C=C\C/C=C\C/C=C\C/C=C\C/C=C\C/C=C\C/C=C\CCCCCC(=O)OCC(COC(=O)CCCCCCC)OC(=O)CCC/C=C\C/C=C\C/C=C\C/C=C\C/C=C\CC. The van der Waals surface area contributed by atoms with Gasteiger partial charge in [-0.1, -0.05) is 199 Å². The van der Waals surface area contributed by atoms with Crippen LogP contribution in [0, 0.1) is 0 Å². The van der Waals surface area contributed by atoms with Gasteiger partial charge in [-0.2, -0.15) is 0 Å². The maximum atomic E-state index is 12.7. The Kier molecular flexibility index (Phi) is 48.2. The molecule has 0 rings (SSSR count). The van der Waals surface area contributed by atoms with Gasteiger partial charge in [0.25, 0.3) is 0 Å². The van der Waals surface area contributed by atoms with E-state index in [0.717, 1.165) is 141 Å². The summed E-state index contributed by atoms with van der Waals surface area (Å²) >= 11 is 0. The van der Waals surface area contributed by atoms with Crippen LogP contribution in [0.3, 0.4) is 0 Å². The van der Waals surface area contributed by atoms with Crippen LogP contribution in [0.15, 0.2) is 146 Å². The molecule has 0 spiro atoms. The zero-order chi connectivity index (χ0) is 47.2. The number of esters is 3. The molecule has 0 N–H and O–H groups in total. The molecule has 1 atom stereocenters. The molecule has 6 nitrogen and oxygen atoms in total. The molecule has 0 aliphatic rings. The average Bonchev–Trinajstić information content (AvgIpc) is 3.30. The van der Waals surface area contributed by atoms with Crippen molar-refractivity contribution >= 4 is 17.9 Å². The molecule has 65 heavy (non-hydrogen) atoms. The first-order valence-corrected chi connectivity index (χ1v) is 25.3. The zero-order valence-corrected chi connectivity index (χ0v) is 41.2. The van der Waals surface area contributed by atoms with Gasteiger partial charge in [0, 0.05) is 19.3 Å². The summed E-state index contributed by atoms with van der Waals surface area (Å²) in [6.07, 6.45) is 74.5. The van der Waals surface area contributed by atoms with Gasteiger partial charge in [-0.3, -0.25) is 14.4 Å². The van der Waals surface area contributed by atoms with Crippen LogP contribution in [0.25, 0.3) is 0 Å². The molecule has 0 heterocycles. The molecule has 0 bridgehead atoms. The van der Waals surface area contributed by atoms with Crippen molar-refractivity contribution in [1.29, 1.82) is 0 Å². The summed E-state index contributed by atoms with van der Waals surface area (Å²) in [4.78, 5) is 37.6. The second-order valence-electron chi connectivity index (χ2n) is 16.0. The molecule has 0 radical (unpaired) electrons. The molecule has 0 aromatic heterocycles. The van der Waals surface area contributed by atoms with Crippen molar-refractivity contribution in [1.82, 2.24) is 0 Å². The van der Waals surface area contributed by atoms with Gasteiger partial charge in [0.1, 0.15) is 13.2 Å². The summed E-state index contributed by atoms with van der Waals surface area (Å²) < 4.78 is 16.6. The highest BCUT2D eigenvalue weighted by atomic mass is 16.6. The van der Waals surface area contributed by atoms with Gasteiger partial charge in [-0.15, -0.1) is 0 Å². The van der Waals surface area contributed by atoms with Crippen molar-refractivity contribution in [3.63, 3.8) is 0 Å². The largest absolute Gasteiger partial charge is 0.462 e. The fourth-order valence-corrected chi connectivity index (χ4v) is 6.10. The highest BCUT2D eigenvalue weighted by Crippen LogP contribution is 2.10. The Bertz CT molecular complexity index is 1490. The quantitative estimate of drug-likeness (QED) is 0.0263. The van der Waals surface area contributed by atoms with E-state index in [1.54, 1.807) is 0 Å². The summed E-state index contributed by atoms with van der Waals surface area (Å²) in [6.45, 7) is 6.21. The minimum atomic E-state index is -0.824. The number of carbonyl (C=O) groups excluding carboxylic acids is 3. The van der Waals surface area contributed by atoms with Crippen molar-refractivity contribution in [3.05, 3.63) is 146 Å². The van der Waals surface area contributed by atoms with Crippen LogP contribution in [-0.2, 0) is 28.6 Å². The van der Waals surface area contributed by atoms with Crippen LogP contribution < -0.4 is 0 Å². The van der Waals surface area contributed by atoms with Gasteiger partial charge >= 0.3 is 17.9 Å². The van der Waals surface area contributed by atoms with Gasteiger partial charge < -0.3 is 14.2 Å². The predicted molar refractivity (Wildman–Crippen MR) is 279 cm³/mol. The van der Waals surface area contributed by atoms with Crippen molar-refractivity contribution in [2.24, 2.45) is 0 Å². The molecule has 0 saturated heterocycles. The van der Waals surface area contributed by atoms with Crippen LogP contribution >= 0.6 is 0 Å². The van der Waals surface area contributed by atoms with Crippen LogP contribution in [0.5, 0.6) is 0 Å². The summed E-state index contributed by atoms with van der Waals surface area (Å²) in [6, 6.07) is 0. The molecule has 0 amide bonds. The van der Waals surface area contributed by atoms with Gasteiger partial charge in [-0.25, -0.2) is 0 Å². The topological polar surface area (TPSA) is 78.9 Å². The number of rotatable bonds is 43. The van der Waals surface area contributed by atoms with E-state index in [4.69, 9.17) is 14.2 Å². The molecule has 0 aromatic carbocycles. The predicted octanol–water partition coefficient (Wildman–Crippen LogP) is 16.9. The second-order valence-corrected chi connectivity index (χ2v) is 16.0. The fourth-order valence-electron chi connectivity index (χ4n) is 6.10. The Labute approximate surface area is 397 Å². The van der Waals surface area contributed by atoms with Gasteiger partial charge in [0.2, 0.25) is 0 Å². The van der Waals surface area contributed by atoms with Crippen LogP contribution in [-0.4, -0.2) is 37.2 Å². The van der Waals surface area contributed by atoms with Crippen molar-refractivity contribution < 1.29 is 28.6 Å². The Morgan fingerprint density at radius 3 is 0.969 bits per heavy atom. The van der Waals surface area contributed by atoms with Crippen LogP contribution in [0.1, 0.15) is 188 Å². The normalized spacial score (nSPS) is 13.3. The molecule has 0 aliphatic heterocycles. The zero-order valence-electron chi connectivity index (χ0n) is 41.2. The number of hydrogen-bond acceptors (Lipinski definition) is 6. The van der Waals surface area contributed by atoms with E-state index in [0.29, 0.717) is 19.3 Å². The first kappa shape index (κ1) is 60.3. The monoisotopic (exact) mass is 895 g/mol. The maximum Gasteiger partial charge on any atom is 0.306 e.